The fourth-order valence-corrected chi connectivity index (χ4v) is 3.04. The molecular weight excluding hydrogens is 254 g/mol. The molecule has 0 unspecified atom stereocenters. The van der Waals surface area contributed by atoms with Crippen LogP contribution in [0.2, 0.25) is 0 Å². The second-order valence-electron chi connectivity index (χ2n) is 5.29. The molecular formula is C14H21N5O. The highest BCUT2D eigenvalue weighted by molar-refractivity contribution is 5.48. The minimum atomic E-state index is 0.149. The second-order valence-corrected chi connectivity index (χ2v) is 5.29. The zero-order chi connectivity index (χ0) is 13.9. The molecule has 1 aliphatic carbocycles. The molecule has 6 nitrogen and oxygen atoms in total. The Bertz CT molecular complexity index is 576. The molecule has 0 saturated heterocycles. The van der Waals surface area contributed by atoms with Crippen LogP contribution >= 0.6 is 0 Å². The average molecular weight is 275 g/mol. The quantitative estimate of drug-likeness (QED) is 0.894. The summed E-state index contributed by atoms with van der Waals surface area (Å²) in [4.78, 5) is 11.0. The molecule has 0 aliphatic heterocycles. The lowest BCUT2D eigenvalue weighted by atomic mass is 10.2. The summed E-state index contributed by atoms with van der Waals surface area (Å²) in [6, 6.07) is 2.57. The monoisotopic (exact) mass is 275 g/mol. The maximum atomic E-state index is 9.40. The topological polar surface area (TPSA) is 66.5 Å². The third-order valence-electron chi connectivity index (χ3n) is 4.05. The zero-order valence-corrected chi connectivity index (χ0v) is 11.9. The van der Waals surface area contributed by atoms with Crippen LogP contribution in [-0.2, 0) is 6.42 Å². The Balaban J connectivity index is 2.06. The van der Waals surface area contributed by atoms with Gasteiger partial charge in [-0.05, 0) is 19.3 Å². The van der Waals surface area contributed by atoms with Gasteiger partial charge in [0.2, 0.25) is 0 Å². The summed E-state index contributed by atoms with van der Waals surface area (Å²) >= 11 is 0. The molecule has 2 heterocycles. The summed E-state index contributed by atoms with van der Waals surface area (Å²) in [7, 11) is 0. The Hall–Kier alpha value is -1.69. The van der Waals surface area contributed by atoms with Crippen LogP contribution in [-0.4, -0.2) is 43.9 Å². The van der Waals surface area contributed by atoms with Gasteiger partial charge in [-0.15, -0.1) is 0 Å². The van der Waals surface area contributed by atoms with Crippen LogP contribution in [0.4, 0.5) is 5.82 Å². The number of aliphatic hydroxyl groups is 1. The Morgan fingerprint density at radius 1 is 1.40 bits per heavy atom. The van der Waals surface area contributed by atoms with E-state index in [2.05, 4.69) is 33.0 Å². The van der Waals surface area contributed by atoms with E-state index in [0.29, 0.717) is 18.4 Å². The number of anilines is 1. The number of hydrogen-bond donors (Lipinski definition) is 1. The largest absolute Gasteiger partial charge is 0.395 e. The summed E-state index contributed by atoms with van der Waals surface area (Å²) in [5.41, 5.74) is 1.02. The van der Waals surface area contributed by atoms with Crippen molar-refractivity contribution in [2.24, 2.45) is 0 Å². The van der Waals surface area contributed by atoms with Gasteiger partial charge in [0.25, 0.3) is 5.78 Å². The molecule has 0 radical (unpaired) electrons. The van der Waals surface area contributed by atoms with Crippen LogP contribution < -0.4 is 4.90 Å². The standard InChI is InChI=1S/C14H21N5O/c1-2-11-9-13(19-14(17-11)15-10-16-19)18(7-8-20)12-5-3-4-6-12/h9-10,12,20H,2-8H2,1H3. The molecule has 20 heavy (non-hydrogen) atoms. The highest BCUT2D eigenvalue weighted by Crippen LogP contribution is 2.28. The number of hydrogen-bond acceptors (Lipinski definition) is 5. The van der Waals surface area contributed by atoms with Gasteiger partial charge in [-0.2, -0.15) is 14.6 Å². The van der Waals surface area contributed by atoms with Gasteiger partial charge in [0.05, 0.1) is 6.61 Å². The molecule has 2 aromatic rings. The minimum Gasteiger partial charge on any atom is -0.395 e. The van der Waals surface area contributed by atoms with Crippen molar-refractivity contribution in [3.63, 3.8) is 0 Å². The fraction of sp³-hybridized carbons (Fsp3) is 0.643. The van der Waals surface area contributed by atoms with Crippen molar-refractivity contribution in [1.29, 1.82) is 0 Å². The normalized spacial score (nSPS) is 16.1. The van der Waals surface area contributed by atoms with Crippen LogP contribution in [0, 0.1) is 0 Å². The SMILES string of the molecule is CCc1cc(N(CCO)C2CCCC2)n2ncnc2n1. The van der Waals surface area contributed by atoms with E-state index in [4.69, 9.17) is 0 Å². The second kappa shape index (κ2) is 5.75. The molecule has 1 fully saturated rings. The van der Waals surface area contributed by atoms with Crippen LogP contribution in [0.25, 0.3) is 5.78 Å². The van der Waals surface area contributed by atoms with Gasteiger partial charge in [-0.3, -0.25) is 0 Å². The summed E-state index contributed by atoms with van der Waals surface area (Å²) in [6.07, 6.45) is 7.29. The van der Waals surface area contributed by atoms with Gasteiger partial charge in [-0.25, -0.2) is 4.98 Å². The third-order valence-corrected chi connectivity index (χ3v) is 4.05. The molecule has 0 atom stereocenters. The molecule has 3 rings (SSSR count). The van der Waals surface area contributed by atoms with E-state index < -0.39 is 0 Å². The molecule has 0 aromatic carbocycles. The van der Waals surface area contributed by atoms with Crippen molar-refractivity contribution in [3.05, 3.63) is 18.1 Å². The van der Waals surface area contributed by atoms with E-state index in [1.54, 1.807) is 4.52 Å². The van der Waals surface area contributed by atoms with Crippen LogP contribution in [0.15, 0.2) is 12.4 Å². The average Bonchev–Trinajstić information content (AvgIpc) is 3.14. The maximum absolute atomic E-state index is 9.40. The van der Waals surface area contributed by atoms with Gasteiger partial charge in [0, 0.05) is 24.3 Å². The number of nitrogens with zero attached hydrogens (tertiary/aromatic N) is 5. The molecule has 1 aliphatic rings. The predicted molar refractivity (Wildman–Crippen MR) is 76.8 cm³/mol. The van der Waals surface area contributed by atoms with E-state index in [0.717, 1.165) is 17.9 Å². The van der Waals surface area contributed by atoms with Crippen LogP contribution in [0.1, 0.15) is 38.3 Å². The number of rotatable bonds is 5. The molecule has 1 saturated carbocycles. The van der Waals surface area contributed by atoms with Crippen molar-refractivity contribution >= 4 is 11.6 Å². The van der Waals surface area contributed by atoms with E-state index in [1.807, 2.05) is 0 Å². The first-order valence-corrected chi connectivity index (χ1v) is 7.40. The summed E-state index contributed by atoms with van der Waals surface area (Å²) in [5.74, 6) is 1.64. The summed E-state index contributed by atoms with van der Waals surface area (Å²) in [6.45, 7) is 2.87. The first-order valence-electron chi connectivity index (χ1n) is 7.40. The van der Waals surface area contributed by atoms with Crippen molar-refractivity contribution in [3.8, 4) is 0 Å². The number of aromatic nitrogens is 4. The third kappa shape index (κ3) is 2.35. The van der Waals surface area contributed by atoms with Gasteiger partial charge >= 0.3 is 0 Å². The lowest BCUT2D eigenvalue weighted by Gasteiger charge is -2.30. The Labute approximate surface area is 118 Å². The fourth-order valence-electron chi connectivity index (χ4n) is 3.04. The van der Waals surface area contributed by atoms with Crippen LogP contribution in [0.3, 0.4) is 0 Å². The Morgan fingerprint density at radius 2 is 2.20 bits per heavy atom. The van der Waals surface area contributed by atoms with Crippen molar-refractivity contribution in [1.82, 2.24) is 19.6 Å². The Kier molecular flexibility index (Phi) is 3.82. The molecule has 6 heteroatoms. The lowest BCUT2D eigenvalue weighted by molar-refractivity contribution is 0.296. The molecule has 108 valence electrons. The van der Waals surface area contributed by atoms with Crippen molar-refractivity contribution in [2.75, 3.05) is 18.1 Å². The van der Waals surface area contributed by atoms with Gasteiger partial charge in [0.15, 0.2) is 0 Å². The van der Waals surface area contributed by atoms with Crippen LogP contribution in [0.5, 0.6) is 0 Å². The molecule has 0 bridgehead atoms. The van der Waals surface area contributed by atoms with E-state index in [1.165, 1.54) is 32.0 Å². The molecule has 1 N–H and O–H groups in total. The summed E-state index contributed by atoms with van der Waals surface area (Å²) in [5, 5.41) is 13.7. The molecule has 2 aromatic heterocycles. The predicted octanol–water partition coefficient (Wildman–Crippen LogP) is 1.43. The maximum Gasteiger partial charge on any atom is 0.254 e. The van der Waals surface area contributed by atoms with Crippen molar-refractivity contribution < 1.29 is 5.11 Å². The van der Waals surface area contributed by atoms with E-state index in [9.17, 15) is 5.11 Å². The van der Waals surface area contributed by atoms with E-state index in [-0.39, 0.29) is 6.61 Å². The first-order chi connectivity index (χ1) is 9.83. The smallest absolute Gasteiger partial charge is 0.254 e. The minimum absolute atomic E-state index is 0.149. The van der Waals surface area contributed by atoms with Crippen molar-refractivity contribution in [2.45, 2.75) is 45.1 Å². The van der Waals surface area contributed by atoms with Gasteiger partial charge < -0.3 is 10.0 Å². The van der Waals surface area contributed by atoms with Gasteiger partial charge in [-0.1, -0.05) is 19.8 Å². The first kappa shape index (κ1) is 13.3. The summed E-state index contributed by atoms with van der Waals surface area (Å²) < 4.78 is 1.78. The number of aliphatic hydroxyl groups excluding tert-OH is 1. The highest BCUT2D eigenvalue weighted by Gasteiger charge is 2.25. The lowest BCUT2D eigenvalue weighted by Crippen LogP contribution is -2.37. The molecule has 0 spiro atoms. The highest BCUT2D eigenvalue weighted by atomic mass is 16.3. The zero-order valence-electron chi connectivity index (χ0n) is 11.9. The van der Waals surface area contributed by atoms with Gasteiger partial charge in [0.1, 0.15) is 12.1 Å². The Morgan fingerprint density at radius 3 is 2.90 bits per heavy atom. The van der Waals surface area contributed by atoms with E-state index >= 15 is 0 Å². The number of fused-ring (bicyclic) bond motifs is 1. The molecule has 0 amide bonds. The number of aryl methyl sites for hydroxylation is 1.